The molecule has 0 saturated heterocycles. The minimum absolute atomic E-state index is 0.158. The van der Waals surface area contributed by atoms with E-state index in [4.69, 9.17) is 11.6 Å². The van der Waals surface area contributed by atoms with Crippen molar-refractivity contribution in [3.63, 3.8) is 0 Å². The molecule has 0 aliphatic heterocycles. The van der Waals surface area contributed by atoms with Crippen molar-refractivity contribution in [1.82, 2.24) is 5.32 Å². The molecule has 0 aliphatic rings. The Kier molecular flexibility index (Phi) is 5.55. The lowest BCUT2D eigenvalue weighted by Gasteiger charge is -2.15. The van der Waals surface area contributed by atoms with Crippen LogP contribution in [0.1, 0.15) is 11.1 Å². The summed E-state index contributed by atoms with van der Waals surface area (Å²) < 4.78 is 0. The van der Waals surface area contributed by atoms with Crippen LogP contribution >= 0.6 is 11.6 Å². The summed E-state index contributed by atoms with van der Waals surface area (Å²) >= 11 is 5.80. The molecule has 0 aliphatic carbocycles. The minimum atomic E-state index is -1.06. The van der Waals surface area contributed by atoms with Gasteiger partial charge in [-0.1, -0.05) is 54.1 Å². The highest BCUT2D eigenvalue weighted by Gasteiger charge is 2.20. The molecular weight excluding hydrogens is 302 g/mol. The first-order valence-corrected chi connectivity index (χ1v) is 7.23. The summed E-state index contributed by atoms with van der Waals surface area (Å²) in [6.45, 7) is 0. The van der Waals surface area contributed by atoms with E-state index in [1.165, 1.54) is 0 Å². The van der Waals surface area contributed by atoms with Gasteiger partial charge in [0.2, 0.25) is 5.91 Å². The minimum Gasteiger partial charge on any atom is -0.480 e. The summed E-state index contributed by atoms with van der Waals surface area (Å²) in [5.74, 6) is -1.37. The maximum atomic E-state index is 12.0. The molecule has 4 nitrogen and oxygen atoms in total. The number of carbonyl (C=O) groups is 2. The van der Waals surface area contributed by atoms with Gasteiger partial charge in [-0.25, -0.2) is 4.79 Å². The van der Waals surface area contributed by atoms with Crippen LogP contribution in [0.3, 0.4) is 0 Å². The van der Waals surface area contributed by atoms with Gasteiger partial charge in [0.15, 0.2) is 0 Å². The first kappa shape index (κ1) is 16.0. The summed E-state index contributed by atoms with van der Waals surface area (Å²) in [6.07, 6.45) is 0.373. The fourth-order valence-electron chi connectivity index (χ4n) is 2.08. The van der Waals surface area contributed by atoms with Gasteiger partial charge in [-0.2, -0.15) is 0 Å². The first-order chi connectivity index (χ1) is 10.5. The van der Waals surface area contributed by atoms with E-state index >= 15 is 0 Å². The highest BCUT2D eigenvalue weighted by atomic mass is 35.5. The molecule has 0 unspecified atom stereocenters. The molecule has 1 amide bonds. The Bertz CT molecular complexity index is 641. The Morgan fingerprint density at radius 1 is 1.00 bits per heavy atom. The Hall–Kier alpha value is -2.33. The molecule has 22 heavy (non-hydrogen) atoms. The number of halogens is 1. The molecule has 0 saturated carbocycles. The number of hydrogen-bond acceptors (Lipinski definition) is 2. The normalized spacial score (nSPS) is 11.7. The molecule has 2 aromatic rings. The van der Waals surface area contributed by atoms with E-state index in [0.29, 0.717) is 5.02 Å². The zero-order valence-corrected chi connectivity index (χ0v) is 12.6. The van der Waals surface area contributed by atoms with Crippen molar-refractivity contribution >= 4 is 23.5 Å². The molecule has 1 atom stereocenters. The van der Waals surface area contributed by atoms with Gasteiger partial charge < -0.3 is 10.4 Å². The number of hydrogen-bond donors (Lipinski definition) is 2. The van der Waals surface area contributed by atoms with Gasteiger partial charge >= 0.3 is 5.97 Å². The second-order valence-electron chi connectivity index (χ2n) is 4.95. The third-order valence-corrected chi connectivity index (χ3v) is 3.45. The van der Waals surface area contributed by atoms with Crippen molar-refractivity contribution in [3.8, 4) is 0 Å². The number of carbonyl (C=O) groups excluding carboxylic acids is 1. The standard InChI is InChI=1S/C17H16ClNO3/c18-14-8-6-13(7-9-14)10-15(17(21)22)19-16(20)11-12-4-2-1-3-5-12/h1-9,15H,10-11H2,(H,19,20)(H,21,22)/t15-/m0/s1. The van der Waals surface area contributed by atoms with Crippen LogP contribution in [0.4, 0.5) is 0 Å². The molecule has 0 spiro atoms. The molecule has 0 bridgehead atoms. The maximum absolute atomic E-state index is 12.0. The average molecular weight is 318 g/mol. The summed E-state index contributed by atoms with van der Waals surface area (Å²) in [4.78, 5) is 23.3. The molecule has 5 heteroatoms. The molecule has 0 aromatic heterocycles. The monoisotopic (exact) mass is 317 g/mol. The number of carboxylic acids is 1. The molecule has 114 valence electrons. The van der Waals surface area contributed by atoms with Crippen LogP contribution in [-0.4, -0.2) is 23.0 Å². The number of nitrogens with one attached hydrogen (secondary N) is 1. The fraction of sp³-hybridized carbons (Fsp3) is 0.176. The van der Waals surface area contributed by atoms with E-state index in [1.807, 2.05) is 30.3 Å². The molecule has 0 radical (unpaired) electrons. The fourth-order valence-corrected chi connectivity index (χ4v) is 2.21. The molecule has 2 rings (SSSR count). The SMILES string of the molecule is O=C(Cc1ccccc1)N[C@@H](Cc1ccc(Cl)cc1)C(=O)O. The van der Waals surface area contributed by atoms with E-state index in [0.717, 1.165) is 11.1 Å². The summed E-state index contributed by atoms with van der Waals surface area (Å²) in [7, 11) is 0. The number of benzene rings is 2. The number of amides is 1. The van der Waals surface area contributed by atoms with Crippen molar-refractivity contribution < 1.29 is 14.7 Å². The summed E-state index contributed by atoms with van der Waals surface area (Å²) in [5.41, 5.74) is 1.65. The Morgan fingerprint density at radius 3 is 2.23 bits per heavy atom. The van der Waals surface area contributed by atoms with E-state index in [-0.39, 0.29) is 18.7 Å². The highest BCUT2D eigenvalue weighted by Crippen LogP contribution is 2.11. The lowest BCUT2D eigenvalue weighted by Crippen LogP contribution is -2.43. The molecule has 2 N–H and O–H groups in total. The van der Waals surface area contributed by atoms with Gasteiger partial charge in [0.05, 0.1) is 6.42 Å². The zero-order chi connectivity index (χ0) is 15.9. The molecule has 2 aromatic carbocycles. The molecule has 0 fully saturated rings. The van der Waals surface area contributed by atoms with E-state index < -0.39 is 12.0 Å². The van der Waals surface area contributed by atoms with Crippen LogP contribution in [-0.2, 0) is 22.4 Å². The maximum Gasteiger partial charge on any atom is 0.326 e. The average Bonchev–Trinajstić information content (AvgIpc) is 2.49. The quantitative estimate of drug-likeness (QED) is 0.861. The third-order valence-electron chi connectivity index (χ3n) is 3.19. The van der Waals surface area contributed by atoms with Crippen molar-refractivity contribution in [3.05, 3.63) is 70.7 Å². The second-order valence-corrected chi connectivity index (χ2v) is 5.39. The van der Waals surface area contributed by atoms with Gasteiger partial charge in [-0.3, -0.25) is 4.79 Å². The summed E-state index contributed by atoms with van der Waals surface area (Å²) in [6, 6.07) is 15.1. The van der Waals surface area contributed by atoms with E-state index in [1.54, 1.807) is 24.3 Å². The van der Waals surface area contributed by atoms with Gasteiger partial charge in [0.25, 0.3) is 0 Å². The Balaban J connectivity index is 1.98. The van der Waals surface area contributed by atoms with Gasteiger partial charge in [0.1, 0.15) is 6.04 Å². The van der Waals surface area contributed by atoms with Gasteiger partial charge in [0, 0.05) is 11.4 Å². The zero-order valence-electron chi connectivity index (χ0n) is 11.8. The van der Waals surface area contributed by atoms with Crippen LogP contribution in [0.25, 0.3) is 0 Å². The van der Waals surface area contributed by atoms with E-state index in [9.17, 15) is 14.7 Å². The van der Waals surface area contributed by atoms with Crippen molar-refractivity contribution in [1.29, 1.82) is 0 Å². The summed E-state index contributed by atoms with van der Waals surface area (Å²) in [5, 5.41) is 12.4. The second kappa shape index (κ2) is 7.61. The first-order valence-electron chi connectivity index (χ1n) is 6.85. The van der Waals surface area contributed by atoms with Crippen molar-refractivity contribution in [2.24, 2.45) is 0 Å². The van der Waals surface area contributed by atoms with Crippen LogP contribution in [0.5, 0.6) is 0 Å². The predicted octanol–water partition coefficient (Wildman–Crippen LogP) is 2.69. The molecular formula is C17H16ClNO3. The number of rotatable bonds is 6. The van der Waals surface area contributed by atoms with Crippen LogP contribution in [0.2, 0.25) is 5.02 Å². The molecule has 0 heterocycles. The van der Waals surface area contributed by atoms with Gasteiger partial charge in [-0.05, 0) is 23.3 Å². The highest BCUT2D eigenvalue weighted by molar-refractivity contribution is 6.30. The van der Waals surface area contributed by atoms with Gasteiger partial charge in [-0.15, -0.1) is 0 Å². The topological polar surface area (TPSA) is 66.4 Å². The van der Waals surface area contributed by atoms with Crippen LogP contribution < -0.4 is 5.32 Å². The van der Waals surface area contributed by atoms with Crippen LogP contribution in [0, 0.1) is 0 Å². The van der Waals surface area contributed by atoms with Crippen molar-refractivity contribution in [2.75, 3.05) is 0 Å². The number of carboxylic acid groups (broad SMARTS) is 1. The predicted molar refractivity (Wildman–Crippen MR) is 84.9 cm³/mol. The van der Waals surface area contributed by atoms with Crippen LogP contribution in [0.15, 0.2) is 54.6 Å². The van der Waals surface area contributed by atoms with E-state index in [2.05, 4.69) is 5.32 Å². The Morgan fingerprint density at radius 2 is 1.64 bits per heavy atom. The largest absolute Gasteiger partial charge is 0.480 e. The van der Waals surface area contributed by atoms with Crippen molar-refractivity contribution in [2.45, 2.75) is 18.9 Å². The third kappa shape index (κ3) is 4.90. The lowest BCUT2D eigenvalue weighted by atomic mass is 10.1. The number of aliphatic carboxylic acids is 1. The lowest BCUT2D eigenvalue weighted by molar-refractivity contribution is -0.141. The Labute approximate surface area is 133 Å². The smallest absolute Gasteiger partial charge is 0.326 e.